The number of benzene rings is 1. The van der Waals surface area contributed by atoms with Crippen molar-refractivity contribution in [2.24, 2.45) is 0 Å². The Labute approximate surface area is 132 Å². The minimum atomic E-state index is 0.366. The summed E-state index contributed by atoms with van der Waals surface area (Å²) in [7, 11) is 0. The topological polar surface area (TPSA) is 38.7 Å². The number of aromatic nitrogens is 3. The maximum Gasteiger partial charge on any atom is 0.142 e. The number of pyridine rings is 1. The van der Waals surface area contributed by atoms with Crippen molar-refractivity contribution in [1.29, 1.82) is 0 Å². The van der Waals surface area contributed by atoms with Crippen molar-refractivity contribution in [3.8, 4) is 11.1 Å². The Balaban J connectivity index is 1.97. The van der Waals surface area contributed by atoms with E-state index >= 15 is 0 Å². The molecule has 104 valence electrons. The summed E-state index contributed by atoms with van der Waals surface area (Å²) in [5.74, 6) is 0.593. The molecule has 2 heterocycles. The number of halogens is 2. The molecule has 2 aromatic heterocycles. The molecule has 0 aliphatic heterocycles. The van der Waals surface area contributed by atoms with Gasteiger partial charge < -0.3 is 0 Å². The minimum absolute atomic E-state index is 0.366. The molecule has 3 aromatic rings. The third-order valence-electron chi connectivity index (χ3n) is 3.04. The summed E-state index contributed by atoms with van der Waals surface area (Å²) in [6.45, 7) is 0. The van der Waals surface area contributed by atoms with E-state index in [0.29, 0.717) is 28.1 Å². The van der Waals surface area contributed by atoms with Crippen molar-refractivity contribution in [2.45, 2.75) is 6.42 Å². The molecule has 0 aliphatic carbocycles. The lowest BCUT2D eigenvalue weighted by Gasteiger charge is -2.08. The number of nitrogens with zero attached hydrogens (tertiary/aromatic N) is 3. The molecule has 0 fully saturated rings. The van der Waals surface area contributed by atoms with E-state index in [1.54, 1.807) is 12.4 Å². The summed E-state index contributed by atoms with van der Waals surface area (Å²) in [6.07, 6.45) is 4.03. The molecule has 5 heteroatoms. The number of rotatable bonds is 3. The van der Waals surface area contributed by atoms with Gasteiger partial charge in [-0.15, -0.1) is 0 Å². The Morgan fingerprint density at radius 3 is 2.05 bits per heavy atom. The summed E-state index contributed by atoms with van der Waals surface area (Å²) >= 11 is 12.6. The fraction of sp³-hybridized carbons (Fsp3) is 0.0625. The van der Waals surface area contributed by atoms with Gasteiger partial charge in [0.2, 0.25) is 0 Å². The second-order valence-electron chi connectivity index (χ2n) is 4.49. The van der Waals surface area contributed by atoms with Crippen molar-refractivity contribution < 1.29 is 0 Å². The molecule has 0 bridgehead atoms. The lowest BCUT2D eigenvalue weighted by Crippen LogP contribution is -2.00. The van der Waals surface area contributed by atoms with Crippen molar-refractivity contribution >= 4 is 23.2 Å². The van der Waals surface area contributed by atoms with Crippen LogP contribution in [0, 0.1) is 0 Å². The van der Waals surface area contributed by atoms with Crippen molar-refractivity contribution in [1.82, 2.24) is 15.0 Å². The first kappa shape index (κ1) is 14.0. The average molecular weight is 316 g/mol. The zero-order valence-corrected chi connectivity index (χ0v) is 12.5. The van der Waals surface area contributed by atoms with Gasteiger partial charge in [-0.05, 0) is 23.3 Å². The molecule has 0 saturated carbocycles. The van der Waals surface area contributed by atoms with Gasteiger partial charge in [-0.2, -0.15) is 0 Å². The average Bonchev–Trinajstić information content (AvgIpc) is 2.49. The third-order valence-corrected chi connectivity index (χ3v) is 3.59. The fourth-order valence-electron chi connectivity index (χ4n) is 2.05. The van der Waals surface area contributed by atoms with Gasteiger partial charge in [0, 0.05) is 18.8 Å². The van der Waals surface area contributed by atoms with Gasteiger partial charge in [0.15, 0.2) is 0 Å². The smallest absolute Gasteiger partial charge is 0.142 e. The van der Waals surface area contributed by atoms with Gasteiger partial charge in [-0.3, -0.25) is 4.98 Å². The van der Waals surface area contributed by atoms with Crippen LogP contribution in [0.15, 0.2) is 54.9 Å². The van der Waals surface area contributed by atoms with Crippen LogP contribution in [0.3, 0.4) is 0 Å². The van der Waals surface area contributed by atoms with Gasteiger partial charge in [-0.1, -0.05) is 53.5 Å². The first-order valence-corrected chi connectivity index (χ1v) is 7.16. The molecule has 3 nitrogen and oxygen atoms in total. The quantitative estimate of drug-likeness (QED) is 0.671. The zero-order valence-electron chi connectivity index (χ0n) is 11.0. The largest absolute Gasteiger partial charge is 0.265 e. The number of hydrogen-bond donors (Lipinski definition) is 0. The Morgan fingerprint density at radius 2 is 1.43 bits per heavy atom. The van der Waals surface area contributed by atoms with Gasteiger partial charge >= 0.3 is 0 Å². The van der Waals surface area contributed by atoms with Gasteiger partial charge in [-0.25, -0.2) is 9.97 Å². The van der Waals surface area contributed by atoms with E-state index in [-0.39, 0.29) is 0 Å². The maximum absolute atomic E-state index is 6.29. The molecule has 0 radical (unpaired) electrons. The summed E-state index contributed by atoms with van der Waals surface area (Å²) in [4.78, 5) is 12.7. The van der Waals surface area contributed by atoms with Crippen LogP contribution in [0.25, 0.3) is 11.1 Å². The summed E-state index contributed by atoms with van der Waals surface area (Å²) < 4.78 is 0. The highest BCUT2D eigenvalue weighted by atomic mass is 35.5. The molecule has 0 amide bonds. The Kier molecular flexibility index (Phi) is 4.13. The summed E-state index contributed by atoms with van der Waals surface area (Å²) in [5, 5.41) is 0.732. The molecule has 0 N–H and O–H groups in total. The van der Waals surface area contributed by atoms with E-state index in [2.05, 4.69) is 15.0 Å². The molecule has 1 aromatic carbocycles. The summed E-state index contributed by atoms with van der Waals surface area (Å²) in [6, 6.07) is 13.5. The SMILES string of the molecule is Clc1nc(Cc2ccncc2)nc(Cl)c1-c1ccccc1. The molecule has 0 aliphatic rings. The van der Waals surface area contributed by atoms with E-state index in [9.17, 15) is 0 Å². The summed E-state index contributed by atoms with van der Waals surface area (Å²) in [5.41, 5.74) is 2.63. The van der Waals surface area contributed by atoms with Crippen LogP contribution >= 0.6 is 23.2 Å². The van der Waals surface area contributed by atoms with Crippen LogP contribution in [-0.4, -0.2) is 15.0 Å². The van der Waals surface area contributed by atoms with E-state index in [1.807, 2.05) is 42.5 Å². The Bertz CT molecular complexity index is 723. The molecule has 3 rings (SSSR count). The minimum Gasteiger partial charge on any atom is -0.265 e. The highest BCUT2D eigenvalue weighted by Gasteiger charge is 2.13. The zero-order chi connectivity index (χ0) is 14.7. The Hall–Kier alpha value is -1.97. The standard InChI is InChI=1S/C16H11Cl2N3/c17-15-14(12-4-2-1-3-5-12)16(18)21-13(20-15)10-11-6-8-19-9-7-11/h1-9H,10H2. The van der Waals surface area contributed by atoms with Crippen LogP contribution in [0.1, 0.15) is 11.4 Å². The van der Waals surface area contributed by atoms with Gasteiger partial charge in [0.05, 0.1) is 5.56 Å². The molecule has 0 atom stereocenters. The van der Waals surface area contributed by atoms with Crippen LogP contribution in [0.5, 0.6) is 0 Å². The highest BCUT2D eigenvalue weighted by Crippen LogP contribution is 2.32. The van der Waals surface area contributed by atoms with Crippen molar-refractivity contribution in [3.05, 3.63) is 76.6 Å². The molecule has 21 heavy (non-hydrogen) atoms. The molecule has 0 unspecified atom stereocenters. The molecule has 0 saturated heterocycles. The van der Waals surface area contributed by atoms with E-state index < -0.39 is 0 Å². The second kappa shape index (κ2) is 6.20. The lowest BCUT2D eigenvalue weighted by atomic mass is 10.1. The maximum atomic E-state index is 6.29. The Morgan fingerprint density at radius 1 is 0.810 bits per heavy atom. The third kappa shape index (κ3) is 3.20. The highest BCUT2D eigenvalue weighted by molar-refractivity contribution is 6.37. The molecule has 0 spiro atoms. The predicted octanol–water partition coefficient (Wildman–Crippen LogP) is 4.44. The predicted molar refractivity (Wildman–Crippen MR) is 84.5 cm³/mol. The molecular formula is C16H11Cl2N3. The van der Waals surface area contributed by atoms with E-state index in [1.165, 1.54) is 0 Å². The first-order chi connectivity index (χ1) is 10.2. The van der Waals surface area contributed by atoms with Crippen LogP contribution < -0.4 is 0 Å². The van der Waals surface area contributed by atoms with Crippen LogP contribution in [0.2, 0.25) is 10.3 Å². The van der Waals surface area contributed by atoms with Crippen LogP contribution in [0.4, 0.5) is 0 Å². The van der Waals surface area contributed by atoms with Gasteiger partial charge in [0.25, 0.3) is 0 Å². The van der Waals surface area contributed by atoms with Gasteiger partial charge in [0.1, 0.15) is 16.1 Å². The molecular weight excluding hydrogens is 305 g/mol. The van der Waals surface area contributed by atoms with E-state index in [4.69, 9.17) is 23.2 Å². The first-order valence-electron chi connectivity index (χ1n) is 6.40. The monoisotopic (exact) mass is 315 g/mol. The number of hydrogen-bond acceptors (Lipinski definition) is 3. The van der Waals surface area contributed by atoms with E-state index in [0.717, 1.165) is 11.1 Å². The van der Waals surface area contributed by atoms with Crippen molar-refractivity contribution in [2.75, 3.05) is 0 Å². The normalized spacial score (nSPS) is 10.6. The fourth-order valence-corrected chi connectivity index (χ4v) is 2.69. The van der Waals surface area contributed by atoms with Crippen LogP contribution in [-0.2, 0) is 6.42 Å². The lowest BCUT2D eigenvalue weighted by molar-refractivity contribution is 0.967. The second-order valence-corrected chi connectivity index (χ2v) is 5.21. The van der Waals surface area contributed by atoms with Crippen molar-refractivity contribution in [3.63, 3.8) is 0 Å².